The van der Waals surface area contributed by atoms with E-state index in [0.717, 1.165) is 5.69 Å². The van der Waals surface area contributed by atoms with Crippen molar-refractivity contribution in [2.24, 2.45) is 0 Å². The monoisotopic (exact) mass is 338 g/mol. The third kappa shape index (κ3) is 5.32. The van der Waals surface area contributed by atoms with E-state index in [1.54, 1.807) is 0 Å². The summed E-state index contributed by atoms with van der Waals surface area (Å²) in [5.41, 5.74) is 2.04. The molecule has 2 rings (SSSR count). The van der Waals surface area contributed by atoms with Gasteiger partial charge in [-0.2, -0.15) is 0 Å². The van der Waals surface area contributed by atoms with Crippen molar-refractivity contribution in [1.29, 1.82) is 0 Å². The molecule has 1 heterocycles. The van der Waals surface area contributed by atoms with Gasteiger partial charge in [-0.1, -0.05) is 26.0 Å². The van der Waals surface area contributed by atoms with Gasteiger partial charge in [0.15, 0.2) is 9.84 Å². The highest BCUT2D eigenvalue weighted by molar-refractivity contribution is 7.91. The molecule has 1 aliphatic heterocycles. The molecule has 1 unspecified atom stereocenters. The number of benzene rings is 1. The number of amides is 1. The molecular weight excluding hydrogens is 312 g/mol. The fraction of sp³-hybridized carbons (Fsp3) is 0.588. The van der Waals surface area contributed by atoms with E-state index in [0.29, 0.717) is 25.3 Å². The van der Waals surface area contributed by atoms with Gasteiger partial charge in [0, 0.05) is 24.7 Å². The van der Waals surface area contributed by atoms with Crippen LogP contribution in [0.2, 0.25) is 0 Å². The average molecular weight is 338 g/mol. The van der Waals surface area contributed by atoms with Gasteiger partial charge in [0.2, 0.25) is 5.91 Å². The summed E-state index contributed by atoms with van der Waals surface area (Å²) < 4.78 is 23.0. The Labute approximate surface area is 139 Å². The van der Waals surface area contributed by atoms with Gasteiger partial charge in [-0.3, -0.25) is 4.79 Å². The second-order valence-electron chi connectivity index (χ2n) is 6.61. The molecule has 1 saturated heterocycles. The topological polar surface area (TPSA) is 66.5 Å². The van der Waals surface area contributed by atoms with Crippen LogP contribution in [-0.4, -0.2) is 50.4 Å². The molecule has 0 saturated carbocycles. The summed E-state index contributed by atoms with van der Waals surface area (Å²) in [4.78, 5) is 14.0. The standard InChI is InChI=1S/C17H26N2O3S/c1-13(2)14-4-6-15(7-5-14)18-17(20)8-10-19(3)16-9-11-23(21,22)12-16/h4-7,13,16H,8-12H2,1-3H3,(H,18,20). The Hall–Kier alpha value is -1.40. The minimum Gasteiger partial charge on any atom is -0.326 e. The van der Waals surface area contributed by atoms with E-state index >= 15 is 0 Å². The maximum absolute atomic E-state index is 12.0. The van der Waals surface area contributed by atoms with E-state index in [1.807, 2.05) is 36.2 Å². The van der Waals surface area contributed by atoms with Gasteiger partial charge >= 0.3 is 0 Å². The predicted octanol–water partition coefficient (Wildman–Crippen LogP) is 2.26. The van der Waals surface area contributed by atoms with Crippen molar-refractivity contribution in [2.45, 2.75) is 38.6 Å². The summed E-state index contributed by atoms with van der Waals surface area (Å²) in [6.45, 7) is 4.83. The first kappa shape index (κ1) is 17.9. The highest BCUT2D eigenvalue weighted by Crippen LogP contribution is 2.18. The lowest BCUT2D eigenvalue weighted by Gasteiger charge is -2.22. The molecule has 0 bridgehead atoms. The van der Waals surface area contributed by atoms with E-state index < -0.39 is 9.84 Å². The fourth-order valence-corrected chi connectivity index (χ4v) is 4.56. The molecule has 128 valence electrons. The number of rotatable bonds is 6. The van der Waals surface area contributed by atoms with Crippen molar-refractivity contribution in [1.82, 2.24) is 4.90 Å². The number of hydrogen-bond acceptors (Lipinski definition) is 4. The van der Waals surface area contributed by atoms with E-state index in [9.17, 15) is 13.2 Å². The molecule has 1 aliphatic rings. The molecule has 0 radical (unpaired) electrons. The fourth-order valence-electron chi connectivity index (χ4n) is 2.76. The summed E-state index contributed by atoms with van der Waals surface area (Å²) in [5, 5.41) is 2.89. The van der Waals surface area contributed by atoms with Crippen molar-refractivity contribution in [2.75, 3.05) is 30.4 Å². The summed E-state index contributed by atoms with van der Waals surface area (Å²) in [5.74, 6) is 0.893. The van der Waals surface area contributed by atoms with Crippen LogP contribution in [-0.2, 0) is 14.6 Å². The molecule has 1 N–H and O–H groups in total. The van der Waals surface area contributed by atoms with Gasteiger partial charge in [0.25, 0.3) is 0 Å². The molecule has 0 aromatic heterocycles. The van der Waals surface area contributed by atoms with E-state index in [4.69, 9.17) is 0 Å². The molecule has 1 aromatic carbocycles. The zero-order chi connectivity index (χ0) is 17.0. The van der Waals surface area contributed by atoms with Gasteiger partial charge < -0.3 is 10.2 Å². The van der Waals surface area contributed by atoms with E-state index in [-0.39, 0.29) is 23.5 Å². The van der Waals surface area contributed by atoms with Crippen LogP contribution in [0.1, 0.15) is 38.2 Å². The highest BCUT2D eigenvalue weighted by Gasteiger charge is 2.30. The maximum Gasteiger partial charge on any atom is 0.225 e. The Bertz CT molecular complexity index is 638. The quantitative estimate of drug-likeness (QED) is 0.864. The molecule has 1 amide bonds. The van der Waals surface area contributed by atoms with Crippen LogP contribution in [0, 0.1) is 0 Å². The molecule has 23 heavy (non-hydrogen) atoms. The van der Waals surface area contributed by atoms with Crippen LogP contribution in [0.5, 0.6) is 0 Å². The van der Waals surface area contributed by atoms with Crippen LogP contribution in [0.25, 0.3) is 0 Å². The van der Waals surface area contributed by atoms with Gasteiger partial charge in [0.1, 0.15) is 0 Å². The first-order valence-corrected chi connectivity index (χ1v) is 9.89. The Kier molecular flexibility index (Phi) is 5.81. The lowest BCUT2D eigenvalue weighted by molar-refractivity contribution is -0.116. The normalized spacial score (nSPS) is 20.1. The molecule has 1 fully saturated rings. The zero-order valence-corrected chi connectivity index (χ0v) is 14.9. The number of nitrogens with zero attached hydrogens (tertiary/aromatic N) is 1. The van der Waals surface area contributed by atoms with Crippen LogP contribution < -0.4 is 5.32 Å². The Morgan fingerprint density at radius 2 is 1.96 bits per heavy atom. The molecule has 1 aromatic rings. The van der Waals surface area contributed by atoms with Crippen LogP contribution in [0.3, 0.4) is 0 Å². The molecule has 0 aliphatic carbocycles. The van der Waals surface area contributed by atoms with Crippen LogP contribution in [0.4, 0.5) is 5.69 Å². The zero-order valence-electron chi connectivity index (χ0n) is 14.1. The number of nitrogens with one attached hydrogen (secondary N) is 1. The number of carbonyl (C=O) groups is 1. The summed E-state index contributed by atoms with van der Waals surface area (Å²) >= 11 is 0. The molecule has 6 heteroatoms. The van der Waals surface area contributed by atoms with Gasteiger partial charge in [-0.05, 0) is 37.1 Å². The first-order chi connectivity index (χ1) is 10.8. The minimum absolute atomic E-state index is 0.0399. The van der Waals surface area contributed by atoms with Crippen molar-refractivity contribution < 1.29 is 13.2 Å². The summed E-state index contributed by atoms with van der Waals surface area (Å²) in [7, 11) is -0.996. The predicted molar refractivity (Wildman–Crippen MR) is 93.5 cm³/mol. The van der Waals surface area contributed by atoms with Crippen molar-refractivity contribution in [3.05, 3.63) is 29.8 Å². The number of carbonyl (C=O) groups excluding carboxylic acids is 1. The van der Waals surface area contributed by atoms with Gasteiger partial charge in [0.05, 0.1) is 11.5 Å². The van der Waals surface area contributed by atoms with Crippen LogP contribution >= 0.6 is 0 Å². The second-order valence-corrected chi connectivity index (χ2v) is 8.84. The lowest BCUT2D eigenvalue weighted by atomic mass is 10.0. The Morgan fingerprint density at radius 3 is 2.48 bits per heavy atom. The third-order valence-electron chi connectivity index (χ3n) is 4.38. The highest BCUT2D eigenvalue weighted by atomic mass is 32.2. The van der Waals surface area contributed by atoms with Crippen LogP contribution in [0.15, 0.2) is 24.3 Å². The molecule has 5 nitrogen and oxygen atoms in total. The number of hydrogen-bond donors (Lipinski definition) is 1. The molecule has 1 atom stereocenters. The minimum atomic E-state index is -2.88. The number of sulfone groups is 1. The smallest absolute Gasteiger partial charge is 0.225 e. The molecular formula is C17H26N2O3S. The van der Waals surface area contributed by atoms with Crippen molar-refractivity contribution in [3.8, 4) is 0 Å². The van der Waals surface area contributed by atoms with Crippen molar-refractivity contribution >= 4 is 21.4 Å². The lowest BCUT2D eigenvalue weighted by Crippen LogP contribution is -2.35. The average Bonchev–Trinajstić information content (AvgIpc) is 2.85. The maximum atomic E-state index is 12.0. The van der Waals surface area contributed by atoms with Gasteiger partial charge in [-0.15, -0.1) is 0 Å². The number of anilines is 1. The second kappa shape index (κ2) is 7.45. The summed E-state index contributed by atoms with van der Waals surface area (Å²) in [6, 6.07) is 7.92. The Balaban J connectivity index is 1.78. The first-order valence-electron chi connectivity index (χ1n) is 8.07. The van der Waals surface area contributed by atoms with E-state index in [1.165, 1.54) is 5.56 Å². The Morgan fingerprint density at radius 1 is 1.30 bits per heavy atom. The largest absolute Gasteiger partial charge is 0.326 e. The van der Waals surface area contributed by atoms with E-state index in [2.05, 4.69) is 19.2 Å². The summed E-state index contributed by atoms with van der Waals surface area (Å²) in [6.07, 6.45) is 1.02. The van der Waals surface area contributed by atoms with Crippen molar-refractivity contribution in [3.63, 3.8) is 0 Å². The van der Waals surface area contributed by atoms with Gasteiger partial charge in [-0.25, -0.2) is 8.42 Å². The molecule has 0 spiro atoms. The SMILES string of the molecule is CC(C)c1ccc(NC(=O)CCN(C)C2CCS(=O)(=O)C2)cc1. The third-order valence-corrected chi connectivity index (χ3v) is 6.13.